The fraction of sp³-hybridized carbons (Fsp3) is 0.316. The zero-order chi connectivity index (χ0) is 17.9. The monoisotopic (exact) mass is 384 g/mol. The Hall–Kier alpha value is -2.12. The minimum atomic E-state index is -0.289. The van der Waals surface area contributed by atoms with Crippen molar-refractivity contribution in [3.05, 3.63) is 46.2 Å². The van der Waals surface area contributed by atoms with Crippen molar-refractivity contribution in [2.45, 2.75) is 38.1 Å². The van der Waals surface area contributed by atoms with Gasteiger partial charge in [0.05, 0.1) is 4.88 Å². The van der Waals surface area contributed by atoms with Crippen LogP contribution in [-0.4, -0.2) is 20.9 Å². The number of para-hydroxylation sites is 1. The van der Waals surface area contributed by atoms with Crippen LogP contribution in [0.3, 0.4) is 0 Å². The summed E-state index contributed by atoms with van der Waals surface area (Å²) < 4.78 is 6.28. The number of benzene rings is 1. The van der Waals surface area contributed by atoms with E-state index in [0.29, 0.717) is 16.7 Å². The van der Waals surface area contributed by atoms with E-state index in [1.165, 1.54) is 5.56 Å². The van der Waals surface area contributed by atoms with E-state index in [1.807, 2.05) is 24.3 Å². The molecule has 0 saturated carbocycles. The number of fused-ring (bicyclic) bond motifs is 3. The van der Waals surface area contributed by atoms with Crippen LogP contribution < -0.4 is 10.1 Å². The number of rotatable bonds is 5. The SMILES string of the molecule is CCCCSc1nnc2c(n1)O[C@H](c1sccc1C)Nc1ccccc1-2. The molecule has 1 atom stereocenters. The lowest BCUT2D eigenvalue weighted by molar-refractivity contribution is 0.228. The summed E-state index contributed by atoms with van der Waals surface area (Å²) in [6.07, 6.45) is 1.99. The fourth-order valence-electron chi connectivity index (χ4n) is 2.79. The highest BCUT2D eigenvalue weighted by molar-refractivity contribution is 7.99. The zero-order valence-electron chi connectivity index (χ0n) is 14.7. The zero-order valence-corrected chi connectivity index (χ0v) is 16.4. The van der Waals surface area contributed by atoms with E-state index in [4.69, 9.17) is 4.74 Å². The van der Waals surface area contributed by atoms with Crippen molar-refractivity contribution in [2.24, 2.45) is 0 Å². The molecule has 0 aliphatic carbocycles. The summed E-state index contributed by atoms with van der Waals surface area (Å²) >= 11 is 3.30. The van der Waals surface area contributed by atoms with Crippen molar-refractivity contribution in [2.75, 3.05) is 11.1 Å². The summed E-state index contributed by atoms with van der Waals surface area (Å²) in [5.74, 6) is 1.52. The van der Waals surface area contributed by atoms with E-state index < -0.39 is 0 Å². The van der Waals surface area contributed by atoms with E-state index in [2.05, 4.69) is 45.8 Å². The van der Waals surface area contributed by atoms with E-state index in [1.54, 1.807) is 23.1 Å². The Kier molecular flexibility index (Phi) is 5.08. The third-order valence-corrected chi connectivity index (χ3v) is 6.19. The Bertz CT molecular complexity index is 912. The number of hydrogen-bond acceptors (Lipinski definition) is 7. The van der Waals surface area contributed by atoms with Crippen molar-refractivity contribution in [1.29, 1.82) is 0 Å². The maximum Gasteiger partial charge on any atom is 0.247 e. The number of anilines is 1. The Morgan fingerprint density at radius 3 is 2.92 bits per heavy atom. The number of thioether (sulfide) groups is 1. The van der Waals surface area contributed by atoms with Crippen LogP contribution in [0.4, 0.5) is 5.69 Å². The van der Waals surface area contributed by atoms with Gasteiger partial charge in [-0.1, -0.05) is 43.3 Å². The molecule has 0 saturated heterocycles. The Labute approximate surface area is 161 Å². The summed E-state index contributed by atoms with van der Waals surface area (Å²) in [6, 6.07) is 10.2. The smallest absolute Gasteiger partial charge is 0.247 e. The quantitative estimate of drug-likeness (QED) is 0.475. The molecule has 0 fully saturated rings. The normalized spacial score (nSPS) is 15.4. The van der Waals surface area contributed by atoms with Crippen molar-refractivity contribution in [3.8, 4) is 17.1 Å². The first-order chi connectivity index (χ1) is 12.8. The maximum absolute atomic E-state index is 6.28. The van der Waals surface area contributed by atoms with Crippen molar-refractivity contribution in [3.63, 3.8) is 0 Å². The lowest BCUT2D eigenvalue weighted by Gasteiger charge is -2.18. The van der Waals surface area contributed by atoms with Gasteiger partial charge in [0.25, 0.3) is 0 Å². The topological polar surface area (TPSA) is 59.9 Å². The van der Waals surface area contributed by atoms with Gasteiger partial charge in [-0.2, -0.15) is 4.98 Å². The van der Waals surface area contributed by atoms with Gasteiger partial charge in [0.15, 0.2) is 5.69 Å². The van der Waals surface area contributed by atoms with Crippen LogP contribution in [0, 0.1) is 6.92 Å². The molecule has 4 rings (SSSR count). The summed E-state index contributed by atoms with van der Waals surface area (Å²) in [5, 5.41) is 15.0. The first-order valence-electron chi connectivity index (χ1n) is 8.70. The van der Waals surface area contributed by atoms with Gasteiger partial charge in [0.1, 0.15) is 0 Å². The molecule has 1 aliphatic rings. The minimum Gasteiger partial charge on any atom is -0.447 e. The molecular weight excluding hydrogens is 364 g/mol. The first-order valence-corrected chi connectivity index (χ1v) is 10.6. The first kappa shape index (κ1) is 17.3. The molecule has 7 heteroatoms. The fourth-order valence-corrected chi connectivity index (χ4v) is 4.55. The van der Waals surface area contributed by atoms with E-state index in [-0.39, 0.29) is 6.23 Å². The molecule has 134 valence electrons. The van der Waals surface area contributed by atoms with Gasteiger partial charge in [0.2, 0.25) is 17.3 Å². The van der Waals surface area contributed by atoms with Crippen LogP contribution in [0.2, 0.25) is 0 Å². The van der Waals surface area contributed by atoms with Crippen LogP contribution in [0.15, 0.2) is 40.9 Å². The average molecular weight is 385 g/mol. The molecular formula is C19H20N4OS2. The van der Waals surface area contributed by atoms with Gasteiger partial charge in [-0.25, -0.2) is 0 Å². The molecule has 0 bridgehead atoms. The molecule has 5 nitrogen and oxygen atoms in total. The van der Waals surface area contributed by atoms with Gasteiger partial charge >= 0.3 is 0 Å². The maximum atomic E-state index is 6.28. The highest BCUT2D eigenvalue weighted by atomic mass is 32.2. The molecule has 1 N–H and O–H groups in total. The third-order valence-electron chi connectivity index (χ3n) is 4.20. The molecule has 0 unspecified atom stereocenters. The van der Waals surface area contributed by atoms with Gasteiger partial charge < -0.3 is 10.1 Å². The molecule has 3 aromatic rings. The van der Waals surface area contributed by atoms with E-state index in [9.17, 15) is 0 Å². The third kappa shape index (κ3) is 3.41. The Morgan fingerprint density at radius 2 is 2.12 bits per heavy atom. The molecule has 1 aromatic carbocycles. The summed E-state index contributed by atoms with van der Waals surface area (Å²) in [6.45, 7) is 4.27. The highest BCUT2D eigenvalue weighted by Crippen LogP contribution is 2.40. The van der Waals surface area contributed by atoms with Crippen LogP contribution in [0.1, 0.15) is 36.4 Å². The van der Waals surface area contributed by atoms with E-state index >= 15 is 0 Å². The van der Waals surface area contributed by atoms with Crippen molar-refractivity contribution in [1.82, 2.24) is 15.2 Å². The van der Waals surface area contributed by atoms with Gasteiger partial charge in [-0.15, -0.1) is 21.5 Å². The number of ether oxygens (including phenoxy) is 1. The number of thiophene rings is 1. The minimum absolute atomic E-state index is 0.289. The molecule has 26 heavy (non-hydrogen) atoms. The molecule has 3 heterocycles. The summed E-state index contributed by atoms with van der Waals surface area (Å²) in [4.78, 5) is 5.81. The lowest BCUT2D eigenvalue weighted by Crippen LogP contribution is -2.16. The number of unbranched alkanes of at least 4 members (excludes halogenated alkanes) is 1. The van der Waals surface area contributed by atoms with Gasteiger partial charge in [-0.05, 0) is 36.4 Å². The number of nitrogens with zero attached hydrogens (tertiary/aromatic N) is 3. The number of aryl methyl sites for hydroxylation is 1. The van der Waals surface area contributed by atoms with E-state index in [0.717, 1.165) is 34.7 Å². The Morgan fingerprint density at radius 1 is 1.23 bits per heavy atom. The highest BCUT2D eigenvalue weighted by Gasteiger charge is 2.27. The summed E-state index contributed by atoms with van der Waals surface area (Å²) in [5.41, 5.74) is 3.83. The second-order valence-corrected chi connectivity index (χ2v) is 8.12. The van der Waals surface area contributed by atoms with Crippen LogP contribution in [0.25, 0.3) is 11.3 Å². The Balaban J connectivity index is 1.75. The molecule has 2 aromatic heterocycles. The molecule has 0 spiro atoms. The van der Waals surface area contributed by atoms with Crippen LogP contribution >= 0.6 is 23.1 Å². The van der Waals surface area contributed by atoms with Crippen LogP contribution in [0.5, 0.6) is 5.88 Å². The second kappa shape index (κ2) is 7.63. The molecule has 0 amide bonds. The predicted octanol–water partition coefficient (Wildman–Crippen LogP) is 5.30. The van der Waals surface area contributed by atoms with Crippen molar-refractivity contribution >= 4 is 28.8 Å². The number of aromatic nitrogens is 3. The lowest BCUT2D eigenvalue weighted by atomic mass is 10.1. The summed E-state index contributed by atoms with van der Waals surface area (Å²) in [7, 11) is 0. The van der Waals surface area contributed by atoms with Gasteiger partial charge in [-0.3, -0.25) is 0 Å². The molecule has 1 aliphatic heterocycles. The van der Waals surface area contributed by atoms with Gasteiger partial charge in [0, 0.05) is 17.0 Å². The predicted molar refractivity (Wildman–Crippen MR) is 107 cm³/mol. The molecule has 0 radical (unpaired) electrons. The second-order valence-electron chi connectivity index (χ2n) is 6.11. The van der Waals surface area contributed by atoms with Crippen LogP contribution in [-0.2, 0) is 0 Å². The number of nitrogens with one attached hydrogen (secondary N) is 1. The average Bonchev–Trinajstić information content (AvgIpc) is 3.01. The standard InChI is InChI=1S/C19H20N4OS2/c1-3-4-10-26-19-21-17-15(22-23-19)13-7-5-6-8-14(13)20-18(24-17)16-12(2)9-11-25-16/h5-9,11,18,20H,3-4,10H2,1-2H3/t18-/m1/s1. The largest absolute Gasteiger partial charge is 0.447 e. The number of hydrogen-bond donors (Lipinski definition) is 1. The van der Waals surface area contributed by atoms with Crippen molar-refractivity contribution < 1.29 is 4.74 Å².